The van der Waals surface area contributed by atoms with Gasteiger partial charge in [-0.2, -0.15) is 0 Å². The first-order chi connectivity index (χ1) is 13.2. The molecule has 0 aliphatic carbocycles. The smallest absolute Gasteiger partial charge is 0.271 e. The van der Waals surface area contributed by atoms with E-state index in [1.54, 1.807) is 11.0 Å². The van der Waals surface area contributed by atoms with Crippen LogP contribution in [-0.2, 0) is 10.0 Å². The van der Waals surface area contributed by atoms with Crippen molar-refractivity contribution < 1.29 is 23.0 Å². The zero-order valence-corrected chi connectivity index (χ0v) is 15.9. The van der Waals surface area contributed by atoms with E-state index in [0.717, 1.165) is 23.5 Å². The summed E-state index contributed by atoms with van der Waals surface area (Å²) in [7, 11) is -4.09. The second-order valence-electron chi connectivity index (χ2n) is 6.46. The number of nitrogens with one attached hydrogen (secondary N) is 2. The number of fused-ring (bicyclic) bond motifs is 1. The average Bonchev–Trinajstić information content (AvgIpc) is 3.24. The topological polar surface area (TPSA) is 123 Å². The Morgan fingerprint density at radius 2 is 1.89 bits per heavy atom. The number of nitrogens with zero attached hydrogens (tertiary/aromatic N) is 1. The summed E-state index contributed by atoms with van der Waals surface area (Å²) in [6.45, 7) is 0.382. The van der Waals surface area contributed by atoms with Crippen molar-refractivity contribution in [2.24, 2.45) is 0 Å². The second-order valence-corrected chi connectivity index (χ2v) is 9.44. The number of β-amino-alcohol motifs (C(OH)–C–C–N with tert-alkyl or cyclic N) is 2. The lowest BCUT2D eigenvalue weighted by atomic mass is 10.1. The Bertz CT molecular complexity index is 1200. The van der Waals surface area contributed by atoms with Gasteiger partial charge in [-0.25, -0.2) is 12.8 Å². The first-order valence-corrected chi connectivity index (χ1v) is 10.6. The molecule has 2 unspecified atom stereocenters. The molecule has 1 saturated heterocycles. The van der Waals surface area contributed by atoms with Gasteiger partial charge in [0.05, 0.1) is 22.9 Å². The largest absolute Gasteiger partial charge is 0.389 e. The minimum Gasteiger partial charge on any atom is -0.389 e. The number of aliphatic hydroxyl groups excluding tert-OH is 2. The van der Waals surface area contributed by atoms with Crippen LogP contribution in [0.5, 0.6) is 0 Å². The van der Waals surface area contributed by atoms with E-state index in [0.29, 0.717) is 10.4 Å². The Kier molecular flexibility index (Phi) is 4.62. The average molecular weight is 425 g/mol. The summed E-state index contributed by atoms with van der Waals surface area (Å²) >= 11 is 0.936. The van der Waals surface area contributed by atoms with Crippen LogP contribution in [0, 0.1) is 5.82 Å². The van der Waals surface area contributed by atoms with E-state index in [4.69, 9.17) is 0 Å². The van der Waals surface area contributed by atoms with E-state index in [-0.39, 0.29) is 28.4 Å². The van der Waals surface area contributed by atoms with E-state index in [9.17, 15) is 27.8 Å². The van der Waals surface area contributed by atoms with Gasteiger partial charge >= 0.3 is 0 Å². The number of H-pyrrole nitrogens is 1. The van der Waals surface area contributed by atoms with Gasteiger partial charge in [-0.1, -0.05) is 0 Å². The molecule has 3 aromatic rings. The molecule has 2 aromatic heterocycles. The number of sulfonamides is 1. The van der Waals surface area contributed by atoms with Crippen molar-refractivity contribution in [2.75, 3.05) is 22.7 Å². The van der Waals surface area contributed by atoms with Gasteiger partial charge in [0.25, 0.3) is 15.6 Å². The fraction of sp³-hybridized carbons (Fsp3) is 0.235. The number of benzene rings is 1. The number of hydrogen-bond donors (Lipinski definition) is 4. The predicted molar refractivity (Wildman–Crippen MR) is 104 cm³/mol. The van der Waals surface area contributed by atoms with Crippen LogP contribution in [0.1, 0.15) is 0 Å². The molecule has 4 N–H and O–H groups in total. The fourth-order valence-corrected chi connectivity index (χ4v) is 5.43. The maximum absolute atomic E-state index is 14.3. The van der Waals surface area contributed by atoms with Crippen molar-refractivity contribution in [3.05, 3.63) is 52.7 Å². The fourth-order valence-electron chi connectivity index (χ4n) is 3.06. The molecule has 8 nitrogen and oxygen atoms in total. The molecular weight excluding hydrogens is 409 g/mol. The highest BCUT2D eigenvalue weighted by Gasteiger charge is 2.31. The van der Waals surface area contributed by atoms with Crippen molar-refractivity contribution in [1.82, 2.24) is 4.98 Å². The number of aromatic nitrogens is 1. The normalized spacial score (nSPS) is 20.0. The van der Waals surface area contributed by atoms with Gasteiger partial charge in [0, 0.05) is 24.7 Å². The summed E-state index contributed by atoms with van der Waals surface area (Å²) in [5.74, 6) is -0.802. The minimum absolute atomic E-state index is 0.0557. The lowest BCUT2D eigenvalue weighted by Crippen LogP contribution is -2.22. The predicted octanol–water partition coefficient (Wildman–Crippen LogP) is 1.07. The number of hydrogen-bond acceptors (Lipinski definition) is 7. The monoisotopic (exact) mass is 425 g/mol. The van der Waals surface area contributed by atoms with Crippen LogP contribution in [-0.4, -0.2) is 48.9 Å². The zero-order chi connectivity index (χ0) is 20.1. The Balaban J connectivity index is 1.63. The van der Waals surface area contributed by atoms with Gasteiger partial charge in [-0.05, 0) is 35.7 Å². The van der Waals surface area contributed by atoms with Crippen molar-refractivity contribution in [3.8, 4) is 0 Å². The molecule has 0 saturated carbocycles. The molecular formula is C17H16FN3O5S2. The summed E-state index contributed by atoms with van der Waals surface area (Å²) in [6, 6.07) is 6.69. The maximum Gasteiger partial charge on any atom is 0.271 e. The van der Waals surface area contributed by atoms with Crippen molar-refractivity contribution >= 4 is 42.8 Å². The first-order valence-electron chi connectivity index (χ1n) is 8.29. The Morgan fingerprint density at radius 1 is 1.18 bits per heavy atom. The molecule has 3 heterocycles. The highest BCUT2D eigenvalue weighted by molar-refractivity contribution is 7.94. The van der Waals surface area contributed by atoms with Gasteiger partial charge in [-0.3, -0.25) is 9.52 Å². The van der Waals surface area contributed by atoms with E-state index < -0.39 is 33.6 Å². The number of rotatable bonds is 4. The van der Waals surface area contributed by atoms with Gasteiger partial charge in [0.1, 0.15) is 10.0 Å². The summed E-state index contributed by atoms with van der Waals surface area (Å²) in [5.41, 5.74) is -0.784. The molecule has 1 aliphatic rings. The van der Waals surface area contributed by atoms with E-state index in [2.05, 4.69) is 9.71 Å². The number of anilines is 2. The molecule has 1 fully saturated rings. The third-order valence-corrected chi connectivity index (χ3v) is 7.51. The van der Waals surface area contributed by atoms with Crippen LogP contribution in [0.15, 0.2) is 45.5 Å². The summed E-state index contributed by atoms with van der Waals surface area (Å²) in [6.07, 6.45) is -0.414. The second kappa shape index (κ2) is 6.85. The van der Waals surface area contributed by atoms with Crippen LogP contribution in [0.25, 0.3) is 10.8 Å². The summed E-state index contributed by atoms with van der Waals surface area (Å²) < 4.78 is 41.8. The highest BCUT2D eigenvalue weighted by atomic mass is 32.2. The van der Waals surface area contributed by atoms with Crippen LogP contribution >= 0.6 is 11.3 Å². The highest BCUT2D eigenvalue weighted by Crippen LogP contribution is 2.33. The molecule has 4 rings (SSSR count). The van der Waals surface area contributed by atoms with Gasteiger partial charge in [0.2, 0.25) is 0 Å². The molecule has 2 atom stereocenters. The van der Waals surface area contributed by atoms with Crippen LogP contribution in [0.4, 0.5) is 15.1 Å². The zero-order valence-electron chi connectivity index (χ0n) is 14.3. The molecule has 0 spiro atoms. The van der Waals surface area contributed by atoms with Crippen LogP contribution in [0.3, 0.4) is 0 Å². The number of aromatic amines is 1. The molecule has 1 aromatic carbocycles. The standard InChI is InChI=1S/C17H16FN3O5S2/c18-11-5-9-3-4-19-17(24)10(9)6-12(11)20-28(25,26)16-2-1-15(27-16)21-7-13(22)14(23)8-21/h1-6,13-14,20,22-23H,7-8H2,(H,19,24). The third kappa shape index (κ3) is 3.37. The van der Waals surface area contributed by atoms with Crippen molar-refractivity contribution in [2.45, 2.75) is 16.4 Å². The van der Waals surface area contributed by atoms with E-state index >= 15 is 0 Å². The molecule has 0 bridgehead atoms. The summed E-state index contributed by atoms with van der Waals surface area (Å²) in [4.78, 5) is 16.0. The maximum atomic E-state index is 14.3. The number of halogens is 1. The minimum atomic E-state index is -4.09. The Morgan fingerprint density at radius 3 is 2.61 bits per heavy atom. The van der Waals surface area contributed by atoms with Crippen molar-refractivity contribution in [3.63, 3.8) is 0 Å². The molecule has 148 valence electrons. The van der Waals surface area contributed by atoms with E-state index in [1.807, 2.05) is 0 Å². The SMILES string of the molecule is O=c1[nH]ccc2cc(F)c(NS(=O)(=O)c3ccc(N4CC(O)C(O)C4)s3)cc12. The van der Waals surface area contributed by atoms with Gasteiger partial charge in [0.15, 0.2) is 0 Å². The van der Waals surface area contributed by atoms with Gasteiger partial charge in [-0.15, -0.1) is 11.3 Å². The molecule has 0 radical (unpaired) electrons. The molecule has 11 heteroatoms. The van der Waals surface area contributed by atoms with Crippen LogP contribution < -0.4 is 15.2 Å². The molecule has 0 amide bonds. The lowest BCUT2D eigenvalue weighted by Gasteiger charge is -2.14. The first kappa shape index (κ1) is 18.9. The lowest BCUT2D eigenvalue weighted by molar-refractivity contribution is 0.0572. The number of pyridine rings is 1. The third-order valence-electron chi connectivity index (χ3n) is 4.51. The van der Waals surface area contributed by atoms with E-state index in [1.165, 1.54) is 18.3 Å². The van der Waals surface area contributed by atoms with Crippen LogP contribution in [0.2, 0.25) is 0 Å². The Labute approximate surface area is 162 Å². The molecule has 1 aliphatic heterocycles. The number of aliphatic hydroxyl groups is 2. The Hall–Kier alpha value is -2.47. The number of thiophene rings is 1. The summed E-state index contributed by atoms with van der Waals surface area (Å²) in [5, 5.41) is 20.4. The van der Waals surface area contributed by atoms with Crippen molar-refractivity contribution in [1.29, 1.82) is 0 Å². The van der Waals surface area contributed by atoms with Gasteiger partial charge < -0.3 is 20.1 Å². The molecule has 28 heavy (non-hydrogen) atoms. The quantitative estimate of drug-likeness (QED) is 0.496.